The Kier molecular flexibility index (Phi) is 6.50. The molecule has 0 radical (unpaired) electrons. The molecular weight excluding hydrogens is 200 g/mol. The van der Waals surface area contributed by atoms with Gasteiger partial charge in [0.15, 0.2) is 5.78 Å². The molecule has 0 aliphatic heterocycles. The van der Waals surface area contributed by atoms with Crippen LogP contribution in [0, 0.1) is 0 Å². The van der Waals surface area contributed by atoms with Crippen LogP contribution in [0.15, 0.2) is 36.4 Å². The van der Waals surface area contributed by atoms with Crippen molar-refractivity contribution in [2.45, 2.75) is 6.92 Å². The number of benzene rings is 1. The van der Waals surface area contributed by atoms with Crippen molar-refractivity contribution >= 4 is 17.4 Å². The molecule has 0 aromatic heterocycles. The number of hydrogen-bond donors (Lipinski definition) is 0. The third kappa shape index (κ3) is 4.67. The number of ether oxygens (including phenoxy) is 1. The third-order valence-electron chi connectivity index (χ3n) is 1.50. The minimum Gasteiger partial charge on any atom is -0.497 e. The van der Waals surface area contributed by atoms with Crippen LogP contribution in [0.5, 0.6) is 5.75 Å². The second-order valence-corrected chi connectivity index (χ2v) is 2.75. The molecular formula is C11H13ClO2. The zero-order valence-electron chi connectivity index (χ0n) is 8.29. The molecule has 0 saturated carbocycles. The van der Waals surface area contributed by atoms with Crippen molar-refractivity contribution in [3.63, 3.8) is 0 Å². The lowest BCUT2D eigenvalue weighted by molar-refractivity contribution is 0.101. The summed E-state index contributed by atoms with van der Waals surface area (Å²) in [5.41, 5.74) is 1.94. The Balaban J connectivity index is 0.000000500. The van der Waals surface area contributed by atoms with Crippen LogP contribution in [0.4, 0.5) is 0 Å². The van der Waals surface area contributed by atoms with Crippen molar-refractivity contribution in [2.24, 2.45) is 0 Å². The molecule has 3 heteroatoms. The highest BCUT2D eigenvalue weighted by Gasteiger charge is 1.97. The van der Waals surface area contributed by atoms with E-state index < -0.39 is 0 Å². The Morgan fingerprint density at radius 2 is 1.86 bits per heavy atom. The number of methoxy groups -OCH3 is 1. The predicted octanol–water partition coefficient (Wildman–Crippen LogP) is 3.27. The van der Waals surface area contributed by atoms with E-state index in [1.54, 1.807) is 38.3 Å². The van der Waals surface area contributed by atoms with Gasteiger partial charge in [0.25, 0.3) is 0 Å². The molecule has 0 aliphatic rings. The summed E-state index contributed by atoms with van der Waals surface area (Å²) in [4.78, 5) is 10.8. The van der Waals surface area contributed by atoms with E-state index in [1.807, 2.05) is 0 Å². The highest BCUT2D eigenvalue weighted by Crippen LogP contribution is 2.11. The van der Waals surface area contributed by atoms with E-state index >= 15 is 0 Å². The molecule has 1 aromatic rings. The highest BCUT2D eigenvalue weighted by molar-refractivity contribution is 6.25. The van der Waals surface area contributed by atoms with E-state index in [0.717, 1.165) is 5.75 Å². The average Bonchev–Trinajstić information content (AvgIpc) is 2.19. The Hall–Kier alpha value is -1.28. The maximum Gasteiger partial charge on any atom is 0.159 e. The molecule has 1 rings (SSSR count). The first-order valence-electron chi connectivity index (χ1n) is 4.01. The van der Waals surface area contributed by atoms with Gasteiger partial charge in [-0.05, 0) is 36.7 Å². The van der Waals surface area contributed by atoms with Gasteiger partial charge in [0.05, 0.1) is 7.11 Å². The lowest BCUT2D eigenvalue weighted by atomic mass is 10.1. The molecule has 0 N–H and O–H groups in total. The zero-order valence-corrected chi connectivity index (χ0v) is 9.04. The smallest absolute Gasteiger partial charge is 0.159 e. The molecule has 0 unspecified atom stereocenters. The fourth-order valence-electron chi connectivity index (χ4n) is 0.826. The van der Waals surface area contributed by atoms with Gasteiger partial charge < -0.3 is 4.74 Å². The number of carbonyl (C=O) groups is 1. The minimum atomic E-state index is 0.0765. The predicted molar refractivity (Wildman–Crippen MR) is 59.0 cm³/mol. The average molecular weight is 213 g/mol. The van der Waals surface area contributed by atoms with Crippen molar-refractivity contribution in [3.05, 3.63) is 41.9 Å². The summed E-state index contributed by atoms with van der Waals surface area (Å²) in [6.45, 7) is 4.67. The molecule has 0 amide bonds. The summed E-state index contributed by atoms with van der Waals surface area (Å²) in [5.74, 6) is 0.850. The van der Waals surface area contributed by atoms with Crippen molar-refractivity contribution < 1.29 is 9.53 Å². The number of halogens is 1. The fraction of sp³-hybridized carbons (Fsp3) is 0.182. The van der Waals surface area contributed by atoms with Gasteiger partial charge >= 0.3 is 0 Å². The van der Waals surface area contributed by atoms with Gasteiger partial charge in [-0.15, -0.1) is 0 Å². The first kappa shape index (κ1) is 12.7. The van der Waals surface area contributed by atoms with Gasteiger partial charge in [-0.25, -0.2) is 0 Å². The Morgan fingerprint density at radius 3 is 2.14 bits per heavy atom. The molecule has 1 aromatic carbocycles. The lowest BCUT2D eigenvalue weighted by Crippen LogP contribution is -1.91. The Bertz CT molecular complexity index is 291. The maximum absolute atomic E-state index is 10.8. The normalized spacial score (nSPS) is 8.21. The van der Waals surface area contributed by atoms with Crippen LogP contribution in [-0.2, 0) is 0 Å². The topological polar surface area (TPSA) is 26.3 Å². The summed E-state index contributed by atoms with van der Waals surface area (Å²) in [5, 5.41) is 0. The molecule has 0 saturated heterocycles. The number of hydrogen-bond acceptors (Lipinski definition) is 2. The van der Waals surface area contributed by atoms with E-state index in [2.05, 4.69) is 6.58 Å². The highest BCUT2D eigenvalue weighted by atomic mass is 35.5. The monoisotopic (exact) mass is 212 g/mol. The van der Waals surface area contributed by atoms with E-state index in [-0.39, 0.29) is 5.78 Å². The summed E-state index contributed by atoms with van der Waals surface area (Å²) in [6.07, 6.45) is 0. The van der Waals surface area contributed by atoms with Crippen LogP contribution >= 0.6 is 11.6 Å². The van der Waals surface area contributed by atoms with E-state index in [9.17, 15) is 4.79 Å². The summed E-state index contributed by atoms with van der Waals surface area (Å²) in [6, 6.07) is 7.05. The lowest BCUT2D eigenvalue weighted by Gasteiger charge is -1.98. The largest absolute Gasteiger partial charge is 0.497 e. The van der Waals surface area contributed by atoms with Crippen molar-refractivity contribution in [3.8, 4) is 5.75 Å². The SMILES string of the molecule is C=CCl.COc1ccc(C(C)=O)cc1. The van der Waals surface area contributed by atoms with Gasteiger partial charge in [0, 0.05) is 5.56 Å². The third-order valence-corrected chi connectivity index (χ3v) is 1.50. The van der Waals surface area contributed by atoms with Crippen LogP contribution in [0.2, 0.25) is 0 Å². The molecule has 0 aliphatic carbocycles. The van der Waals surface area contributed by atoms with Gasteiger partial charge in [-0.1, -0.05) is 18.2 Å². The number of rotatable bonds is 2. The van der Waals surface area contributed by atoms with E-state index in [0.29, 0.717) is 5.56 Å². The quantitative estimate of drug-likeness (QED) is 0.704. The van der Waals surface area contributed by atoms with Crippen LogP contribution < -0.4 is 4.74 Å². The first-order chi connectivity index (χ1) is 6.65. The number of Topliss-reactive ketones (excluding diaryl/α,β-unsaturated/α-hetero) is 1. The molecule has 0 heterocycles. The Morgan fingerprint density at radius 1 is 1.43 bits per heavy atom. The molecule has 0 fully saturated rings. The van der Waals surface area contributed by atoms with Gasteiger partial charge in [0.2, 0.25) is 0 Å². The van der Waals surface area contributed by atoms with Gasteiger partial charge in [-0.2, -0.15) is 0 Å². The first-order valence-corrected chi connectivity index (χ1v) is 4.45. The van der Waals surface area contributed by atoms with Crippen molar-refractivity contribution in [1.82, 2.24) is 0 Å². The van der Waals surface area contributed by atoms with E-state index in [1.165, 1.54) is 5.54 Å². The Labute approximate surface area is 89.2 Å². The maximum atomic E-state index is 10.8. The second kappa shape index (κ2) is 7.15. The number of ketones is 1. The fourth-order valence-corrected chi connectivity index (χ4v) is 0.826. The summed E-state index contributed by atoms with van der Waals surface area (Å²) < 4.78 is 4.94. The van der Waals surface area contributed by atoms with Crippen LogP contribution in [-0.4, -0.2) is 12.9 Å². The molecule has 0 bridgehead atoms. The van der Waals surface area contributed by atoms with Crippen molar-refractivity contribution in [2.75, 3.05) is 7.11 Å². The standard InChI is InChI=1S/C9H10O2.C2H3Cl/c1-7(10)8-3-5-9(11-2)6-4-8;1-2-3/h3-6H,1-2H3;2H,1H2. The summed E-state index contributed by atoms with van der Waals surface area (Å²) in [7, 11) is 1.60. The molecule has 0 atom stereocenters. The minimum absolute atomic E-state index is 0.0765. The van der Waals surface area contributed by atoms with Crippen LogP contribution in [0.3, 0.4) is 0 Å². The van der Waals surface area contributed by atoms with Crippen LogP contribution in [0.1, 0.15) is 17.3 Å². The van der Waals surface area contributed by atoms with E-state index in [4.69, 9.17) is 16.3 Å². The van der Waals surface area contributed by atoms with Gasteiger partial charge in [-0.3, -0.25) is 4.79 Å². The van der Waals surface area contributed by atoms with Crippen molar-refractivity contribution in [1.29, 1.82) is 0 Å². The van der Waals surface area contributed by atoms with Gasteiger partial charge in [0.1, 0.15) is 5.75 Å². The molecule has 0 spiro atoms. The molecule has 76 valence electrons. The second-order valence-electron chi connectivity index (χ2n) is 2.44. The summed E-state index contributed by atoms with van der Waals surface area (Å²) >= 11 is 4.76. The van der Waals surface area contributed by atoms with Crippen LogP contribution in [0.25, 0.3) is 0 Å². The zero-order chi connectivity index (χ0) is 11.0. The molecule has 14 heavy (non-hydrogen) atoms. The number of carbonyl (C=O) groups excluding carboxylic acids is 1. The molecule has 2 nitrogen and oxygen atoms in total.